The molecule has 4 heteroatoms. The molecule has 1 heterocycles. The highest BCUT2D eigenvalue weighted by Gasteiger charge is 2.36. The van der Waals surface area contributed by atoms with Gasteiger partial charge in [-0.05, 0) is 27.7 Å². The number of carbonyl (C=O) groups is 2. The summed E-state index contributed by atoms with van der Waals surface area (Å²) in [5, 5.41) is 0. The maximum Gasteiger partial charge on any atom is 0.163 e. The standard InChI is InChI=1S/C12H20O4/c1-8(13)5-10-7-11(6-9(2)14)16-12(3,4)15-10/h10-11H,5-7H2,1-4H3/t10-,11-/m1/s1. The van der Waals surface area contributed by atoms with Crippen molar-refractivity contribution in [3.05, 3.63) is 0 Å². The smallest absolute Gasteiger partial charge is 0.163 e. The number of rotatable bonds is 4. The zero-order valence-electron chi connectivity index (χ0n) is 10.4. The van der Waals surface area contributed by atoms with Crippen LogP contribution < -0.4 is 0 Å². The molecule has 1 fully saturated rings. The molecular formula is C12H20O4. The molecule has 0 N–H and O–H groups in total. The van der Waals surface area contributed by atoms with E-state index in [4.69, 9.17) is 9.47 Å². The molecule has 1 saturated heterocycles. The van der Waals surface area contributed by atoms with Crippen LogP contribution in [0.15, 0.2) is 0 Å². The van der Waals surface area contributed by atoms with E-state index in [-0.39, 0.29) is 23.8 Å². The lowest BCUT2D eigenvalue weighted by molar-refractivity contribution is -0.298. The predicted octanol–water partition coefficient (Wildman–Crippen LogP) is 1.85. The minimum atomic E-state index is -0.710. The third kappa shape index (κ3) is 4.41. The second-order valence-electron chi connectivity index (χ2n) is 4.93. The fourth-order valence-corrected chi connectivity index (χ4v) is 2.11. The Morgan fingerprint density at radius 2 is 1.44 bits per heavy atom. The van der Waals surface area contributed by atoms with Crippen molar-refractivity contribution in [2.24, 2.45) is 0 Å². The number of Topliss-reactive ketones (excluding diaryl/α,β-unsaturated/α-hetero) is 2. The van der Waals surface area contributed by atoms with Gasteiger partial charge in [0.15, 0.2) is 5.79 Å². The molecule has 2 atom stereocenters. The van der Waals surface area contributed by atoms with Crippen LogP contribution in [-0.2, 0) is 19.1 Å². The molecule has 0 unspecified atom stereocenters. The number of ether oxygens (including phenoxy) is 2. The van der Waals surface area contributed by atoms with Crippen molar-refractivity contribution < 1.29 is 19.1 Å². The molecule has 1 aliphatic heterocycles. The van der Waals surface area contributed by atoms with Gasteiger partial charge in [-0.3, -0.25) is 9.59 Å². The Hall–Kier alpha value is -0.740. The molecular weight excluding hydrogens is 208 g/mol. The third-order valence-electron chi connectivity index (χ3n) is 2.46. The van der Waals surface area contributed by atoms with Crippen molar-refractivity contribution >= 4 is 11.6 Å². The minimum Gasteiger partial charge on any atom is -0.347 e. The second kappa shape index (κ2) is 5.06. The maximum absolute atomic E-state index is 11.1. The molecule has 0 aromatic rings. The molecule has 16 heavy (non-hydrogen) atoms. The van der Waals surface area contributed by atoms with Gasteiger partial charge in [-0.15, -0.1) is 0 Å². The number of carbonyl (C=O) groups excluding carboxylic acids is 2. The first-order valence-electron chi connectivity index (χ1n) is 5.63. The Morgan fingerprint density at radius 3 is 1.75 bits per heavy atom. The van der Waals surface area contributed by atoms with Gasteiger partial charge in [-0.1, -0.05) is 0 Å². The summed E-state index contributed by atoms with van der Waals surface area (Å²) in [4.78, 5) is 22.1. The largest absolute Gasteiger partial charge is 0.347 e. The van der Waals surface area contributed by atoms with E-state index in [1.807, 2.05) is 13.8 Å². The molecule has 0 aliphatic carbocycles. The van der Waals surface area contributed by atoms with Gasteiger partial charge in [0.2, 0.25) is 0 Å². The maximum atomic E-state index is 11.1. The fourth-order valence-electron chi connectivity index (χ4n) is 2.11. The van der Waals surface area contributed by atoms with E-state index >= 15 is 0 Å². The Bertz CT molecular complexity index is 257. The average molecular weight is 228 g/mol. The summed E-state index contributed by atoms with van der Waals surface area (Å²) in [5.41, 5.74) is 0. The Morgan fingerprint density at radius 1 is 1.06 bits per heavy atom. The minimum absolute atomic E-state index is 0.101. The van der Waals surface area contributed by atoms with Crippen molar-refractivity contribution in [1.29, 1.82) is 0 Å². The van der Waals surface area contributed by atoms with Crippen LogP contribution in [0.4, 0.5) is 0 Å². The van der Waals surface area contributed by atoms with Crippen LogP contribution >= 0.6 is 0 Å². The van der Waals surface area contributed by atoms with E-state index in [1.54, 1.807) is 13.8 Å². The van der Waals surface area contributed by atoms with E-state index in [2.05, 4.69) is 0 Å². The van der Waals surface area contributed by atoms with Crippen molar-refractivity contribution in [3.8, 4) is 0 Å². The van der Waals surface area contributed by atoms with Gasteiger partial charge in [0.25, 0.3) is 0 Å². The van der Waals surface area contributed by atoms with Crippen LogP contribution in [-0.4, -0.2) is 29.6 Å². The highest BCUT2D eigenvalue weighted by molar-refractivity contribution is 5.76. The molecule has 0 bridgehead atoms. The first-order valence-corrected chi connectivity index (χ1v) is 5.63. The molecule has 0 radical (unpaired) electrons. The van der Waals surface area contributed by atoms with Gasteiger partial charge >= 0.3 is 0 Å². The summed E-state index contributed by atoms with van der Waals surface area (Å²) in [7, 11) is 0. The lowest BCUT2D eigenvalue weighted by Gasteiger charge is -2.40. The third-order valence-corrected chi connectivity index (χ3v) is 2.46. The molecule has 0 saturated carbocycles. The van der Waals surface area contributed by atoms with Gasteiger partial charge in [0, 0.05) is 19.3 Å². The predicted molar refractivity (Wildman–Crippen MR) is 59.0 cm³/mol. The monoisotopic (exact) mass is 228 g/mol. The summed E-state index contributed by atoms with van der Waals surface area (Å²) in [6.07, 6.45) is 1.13. The summed E-state index contributed by atoms with van der Waals surface area (Å²) in [6.45, 7) is 6.72. The number of hydrogen-bond donors (Lipinski definition) is 0. The molecule has 0 amide bonds. The van der Waals surface area contributed by atoms with E-state index in [9.17, 15) is 9.59 Å². The first kappa shape index (κ1) is 13.3. The van der Waals surface area contributed by atoms with Gasteiger partial charge in [0.1, 0.15) is 11.6 Å². The molecule has 0 aromatic carbocycles. The lowest BCUT2D eigenvalue weighted by Crippen LogP contribution is -2.45. The van der Waals surface area contributed by atoms with Gasteiger partial charge < -0.3 is 9.47 Å². The van der Waals surface area contributed by atoms with Crippen molar-refractivity contribution in [1.82, 2.24) is 0 Å². The van der Waals surface area contributed by atoms with E-state index < -0.39 is 5.79 Å². The highest BCUT2D eigenvalue weighted by atomic mass is 16.7. The highest BCUT2D eigenvalue weighted by Crippen LogP contribution is 2.29. The zero-order valence-corrected chi connectivity index (χ0v) is 10.4. The second-order valence-corrected chi connectivity index (χ2v) is 4.93. The normalized spacial score (nSPS) is 28.8. The molecule has 0 aromatic heterocycles. The zero-order chi connectivity index (χ0) is 12.3. The van der Waals surface area contributed by atoms with Gasteiger partial charge in [-0.2, -0.15) is 0 Å². The van der Waals surface area contributed by atoms with E-state index in [0.29, 0.717) is 19.3 Å². The Labute approximate surface area is 96.3 Å². The van der Waals surface area contributed by atoms with Crippen LogP contribution in [0.2, 0.25) is 0 Å². The number of hydrogen-bond acceptors (Lipinski definition) is 4. The van der Waals surface area contributed by atoms with Crippen molar-refractivity contribution in [2.75, 3.05) is 0 Å². The Balaban J connectivity index is 2.61. The average Bonchev–Trinajstić information content (AvgIpc) is 1.95. The SMILES string of the molecule is CC(=O)C[C@@H]1C[C@@H](CC(C)=O)OC(C)(C)O1. The summed E-state index contributed by atoms with van der Waals surface area (Å²) >= 11 is 0. The number of ketones is 2. The molecule has 92 valence electrons. The van der Waals surface area contributed by atoms with E-state index in [1.165, 1.54) is 0 Å². The van der Waals surface area contributed by atoms with Crippen LogP contribution in [0.25, 0.3) is 0 Å². The van der Waals surface area contributed by atoms with Crippen molar-refractivity contribution in [3.63, 3.8) is 0 Å². The van der Waals surface area contributed by atoms with Gasteiger partial charge in [-0.25, -0.2) is 0 Å². The fraction of sp³-hybridized carbons (Fsp3) is 0.833. The quantitative estimate of drug-likeness (QED) is 0.737. The summed E-state index contributed by atoms with van der Waals surface area (Å²) in [6, 6.07) is 0. The molecule has 4 nitrogen and oxygen atoms in total. The lowest BCUT2D eigenvalue weighted by atomic mass is 10.0. The molecule has 1 rings (SSSR count). The topological polar surface area (TPSA) is 52.6 Å². The van der Waals surface area contributed by atoms with Crippen LogP contribution in [0.1, 0.15) is 47.0 Å². The van der Waals surface area contributed by atoms with Gasteiger partial charge in [0.05, 0.1) is 12.2 Å². The van der Waals surface area contributed by atoms with Crippen LogP contribution in [0, 0.1) is 0 Å². The summed E-state index contributed by atoms with van der Waals surface area (Å²) < 4.78 is 11.3. The van der Waals surface area contributed by atoms with E-state index in [0.717, 1.165) is 0 Å². The first-order chi connectivity index (χ1) is 7.28. The molecule has 1 aliphatic rings. The summed E-state index contributed by atoms with van der Waals surface area (Å²) in [5.74, 6) is -0.507. The Kier molecular flexibility index (Phi) is 4.21. The van der Waals surface area contributed by atoms with Crippen molar-refractivity contribution in [2.45, 2.75) is 65.0 Å². The van der Waals surface area contributed by atoms with Crippen LogP contribution in [0.3, 0.4) is 0 Å². The van der Waals surface area contributed by atoms with Crippen LogP contribution in [0.5, 0.6) is 0 Å². The molecule has 0 spiro atoms.